The van der Waals surface area contributed by atoms with Gasteiger partial charge in [0.1, 0.15) is 0 Å². The molecule has 1 unspecified atom stereocenters. The highest BCUT2D eigenvalue weighted by atomic mass is 16.4. The first-order chi connectivity index (χ1) is 15.3. The van der Waals surface area contributed by atoms with Crippen LogP contribution in [-0.4, -0.2) is 58.6 Å². The molecule has 32 heavy (non-hydrogen) atoms. The Bertz CT molecular complexity index is 852. The number of anilines is 1. The number of likely N-dealkylation sites (tertiary alicyclic amines) is 1. The Morgan fingerprint density at radius 3 is 1.91 bits per heavy atom. The molecule has 0 bridgehead atoms. The molecule has 1 aliphatic heterocycles. The summed E-state index contributed by atoms with van der Waals surface area (Å²) in [6, 6.07) is 21.3. The highest BCUT2D eigenvalue weighted by Gasteiger charge is 2.26. The molecule has 1 heterocycles. The number of carboxylic acids is 2. The Kier molecular flexibility index (Phi) is 9.88. The second-order valence-electron chi connectivity index (χ2n) is 7.87. The molecule has 1 aliphatic rings. The minimum Gasteiger partial charge on any atom is -0.473 e. The first-order valence-electron chi connectivity index (χ1n) is 10.9. The number of piperidine rings is 1. The number of amides is 1. The van der Waals surface area contributed by atoms with E-state index in [1.54, 1.807) is 0 Å². The topological polar surface area (TPSA) is 98.2 Å². The predicted molar refractivity (Wildman–Crippen MR) is 124 cm³/mol. The van der Waals surface area contributed by atoms with Crippen molar-refractivity contribution >= 4 is 23.5 Å². The molecule has 0 saturated carbocycles. The molecule has 7 heteroatoms. The average Bonchev–Trinajstić information content (AvgIpc) is 2.83. The van der Waals surface area contributed by atoms with Crippen molar-refractivity contribution in [3.8, 4) is 0 Å². The van der Waals surface area contributed by atoms with Gasteiger partial charge in [-0.3, -0.25) is 9.69 Å². The Morgan fingerprint density at radius 1 is 0.938 bits per heavy atom. The fourth-order valence-electron chi connectivity index (χ4n) is 3.93. The molecule has 7 nitrogen and oxygen atoms in total. The van der Waals surface area contributed by atoms with Crippen LogP contribution >= 0.6 is 0 Å². The standard InChI is InChI=1S/C23H30N2O.C2H2O4/c1-3-23(26)25(22-12-8-5-9-13-22)18-19(2)24-16-14-21(15-17-24)20-10-6-4-7-11-20;3-1(4)2(5)6/h4-13,19,21H,3,14-18H2,1-2H3;(H,3,4)(H,5,6). The molecular formula is C25H32N2O5. The lowest BCUT2D eigenvalue weighted by atomic mass is 9.89. The predicted octanol–water partition coefficient (Wildman–Crippen LogP) is 3.85. The lowest BCUT2D eigenvalue weighted by Crippen LogP contribution is -2.47. The van der Waals surface area contributed by atoms with E-state index in [0.29, 0.717) is 18.4 Å². The van der Waals surface area contributed by atoms with Crippen molar-refractivity contribution < 1.29 is 24.6 Å². The maximum atomic E-state index is 12.5. The summed E-state index contributed by atoms with van der Waals surface area (Å²) >= 11 is 0. The lowest BCUT2D eigenvalue weighted by Gasteiger charge is -2.38. The number of para-hydroxylation sites is 1. The quantitative estimate of drug-likeness (QED) is 0.662. The molecule has 0 radical (unpaired) electrons. The van der Waals surface area contributed by atoms with E-state index in [1.165, 1.54) is 18.4 Å². The normalized spacial score (nSPS) is 15.2. The van der Waals surface area contributed by atoms with Gasteiger partial charge in [-0.2, -0.15) is 0 Å². The summed E-state index contributed by atoms with van der Waals surface area (Å²) in [7, 11) is 0. The first-order valence-corrected chi connectivity index (χ1v) is 10.9. The third-order valence-electron chi connectivity index (χ3n) is 5.72. The zero-order valence-electron chi connectivity index (χ0n) is 18.7. The minimum absolute atomic E-state index is 0.197. The van der Waals surface area contributed by atoms with Crippen LogP contribution in [0.15, 0.2) is 60.7 Å². The summed E-state index contributed by atoms with van der Waals surface area (Å²) in [6.45, 7) is 7.15. The van der Waals surface area contributed by atoms with Gasteiger partial charge >= 0.3 is 11.9 Å². The van der Waals surface area contributed by atoms with Crippen LogP contribution in [0.3, 0.4) is 0 Å². The molecule has 0 aliphatic carbocycles. The molecular weight excluding hydrogens is 408 g/mol. The zero-order chi connectivity index (χ0) is 23.5. The van der Waals surface area contributed by atoms with E-state index in [4.69, 9.17) is 19.8 Å². The van der Waals surface area contributed by atoms with Crippen LogP contribution in [0.5, 0.6) is 0 Å². The van der Waals surface area contributed by atoms with Gasteiger partial charge in [0.25, 0.3) is 0 Å². The van der Waals surface area contributed by atoms with E-state index >= 15 is 0 Å². The number of aliphatic carboxylic acids is 2. The number of rotatable bonds is 6. The van der Waals surface area contributed by atoms with Crippen molar-refractivity contribution in [3.63, 3.8) is 0 Å². The van der Waals surface area contributed by atoms with Crippen LogP contribution in [-0.2, 0) is 14.4 Å². The van der Waals surface area contributed by atoms with Gasteiger partial charge in [-0.15, -0.1) is 0 Å². The van der Waals surface area contributed by atoms with Crippen molar-refractivity contribution in [2.24, 2.45) is 0 Å². The van der Waals surface area contributed by atoms with E-state index in [-0.39, 0.29) is 5.91 Å². The fourth-order valence-corrected chi connectivity index (χ4v) is 3.93. The molecule has 1 atom stereocenters. The summed E-state index contributed by atoms with van der Waals surface area (Å²) in [5, 5.41) is 14.8. The monoisotopic (exact) mass is 440 g/mol. The van der Waals surface area contributed by atoms with Crippen molar-refractivity contribution in [1.29, 1.82) is 0 Å². The molecule has 1 amide bonds. The Labute approximate surface area is 189 Å². The van der Waals surface area contributed by atoms with Crippen LogP contribution in [0.2, 0.25) is 0 Å². The highest BCUT2D eigenvalue weighted by Crippen LogP contribution is 2.29. The number of carbonyl (C=O) groups is 3. The van der Waals surface area contributed by atoms with E-state index < -0.39 is 11.9 Å². The average molecular weight is 441 g/mol. The van der Waals surface area contributed by atoms with Gasteiger partial charge in [-0.05, 0) is 56.5 Å². The first kappa shape index (κ1) is 25.1. The SMILES string of the molecule is CCC(=O)N(CC(C)N1CCC(c2ccccc2)CC1)c1ccccc1.O=C(O)C(=O)O. The van der Waals surface area contributed by atoms with Crippen LogP contribution in [0.4, 0.5) is 5.69 Å². The molecule has 0 spiro atoms. The molecule has 1 fully saturated rings. The molecule has 2 aromatic carbocycles. The summed E-state index contributed by atoms with van der Waals surface area (Å²) < 4.78 is 0. The summed E-state index contributed by atoms with van der Waals surface area (Å²) in [4.78, 5) is 35.2. The molecule has 2 aromatic rings. The fraction of sp³-hybridized carbons (Fsp3) is 0.400. The number of hydrogen-bond donors (Lipinski definition) is 2. The van der Waals surface area contributed by atoms with E-state index in [0.717, 1.165) is 25.3 Å². The second kappa shape index (κ2) is 12.6. The Balaban J connectivity index is 0.000000534. The van der Waals surface area contributed by atoms with E-state index in [9.17, 15) is 4.79 Å². The number of nitrogens with zero attached hydrogens (tertiary/aromatic N) is 2. The Hall–Kier alpha value is -3.19. The summed E-state index contributed by atoms with van der Waals surface area (Å²) in [5.74, 6) is -2.78. The summed E-state index contributed by atoms with van der Waals surface area (Å²) in [6.07, 6.45) is 2.93. The largest absolute Gasteiger partial charge is 0.473 e. The van der Waals surface area contributed by atoms with Gasteiger partial charge in [0.15, 0.2) is 0 Å². The molecule has 1 saturated heterocycles. The smallest absolute Gasteiger partial charge is 0.414 e. The molecule has 172 valence electrons. The second-order valence-corrected chi connectivity index (χ2v) is 7.87. The summed E-state index contributed by atoms with van der Waals surface area (Å²) in [5.41, 5.74) is 2.47. The highest BCUT2D eigenvalue weighted by molar-refractivity contribution is 6.27. The van der Waals surface area contributed by atoms with Gasteiger partial charge in [0.05, 0.1) is 0 Å². The van der Waals surface area contributed by atoms with Crippen LogP contribution in [0.1, 0.15) is 44.6 Å². The van der Waals surface area contributed by atoms with Crippen molar-refractivity contribution in [2.75, 3.05) is 24.5 Å². The van der Waals surface area contributed by atoms with Crippen LogP contribution in [0.25, 0.3) is 0 Å². The maximum Gasteiger partial charge on any atom is 0.414 e. The zero-order valence-corrected chi connectivity index (χ0v) is 18.7. The third kappa shape index (κ3) is 7.50. The number of carboxylic acid groups (broad SMARTS) is 2. The van der Waals surface area contributed by atoms with Crippen molar-refractivity contribution in [2.45, 2.75) is 45.1 Å². The van der Waals surface area contributed by atoms with Gasteiger partial charge in [-0.25, -0.2) is 9.59 Å². The lowest BCUT2D eigenvalue weighted by molar-refractivity contribution is -0.159. The molecule has 3 rings (SSSR count). The van der Waals surface area contributed by atoms with Crippen LogP contribution in [0, 0.1) is 0 Å². The number of carbonyl (C=O) groups excluding carboxylic acids is 1. The number of benzene rings is 2. The van der Waals surface area contributed by atoms with Gasteiger partial charge in [0, 0.05) is 24.7 Å². The number of hydrogen-bond acceptors (Lipinski definition) is 4. The minimum atomic E-state index is -1.82. The van der Waals surface area contributed by atoms with Crippen molar-refractivity contribution in [3.05, 3.63) is 66.2 Å². The molecule has 0 aromatic heterocycles. The van der Waals surface area contributed by atoms with Gasteiger partial charge < -0.3 is 15.1 Å². The van der Waals surface area contributed by atoms with Gasteiger partial charge in [0.2, 0.25) is 5.91 Å². The van der Waals surface area contributed by atoms with E-state index in [2.05, 4.69) is 42.2 Å². The Morgan fingerprint density at radius 2 is 1.44 bits per heavy atom. The van der Waals surface area contributed by atoms with Crippen LogP contribution < -0.4 is 4.90 Å². The van der Waals surface area contributed by atoms with Gasteiger partial charge in [-0.1, -0.05) is 55.5 Å². The maximum absolute atomic E-state index is 12.5. The third-order valence-corrected chi connectivity index (χ3v) is 5.72. The van der Waals surface area contributed by atoms with E-state index in [1.807, 2.05) is 42.2 Å². The molecule has 2 N–H and O–H groups in total. The van der Waals surface area contributed by atoms with Crippen molar-refractivity contribution in [1.82, 2.24) is 4.90 Å².